The van der Waals surface area contributed by atoms with Crippen LogP contribution in [0.2, 0.25) is 0 Å². The molecule has 3 amide bonds. The van der Waals surface area contributed by atoms with Gasteiger partial charge in [0, 0.05) is 43.8 Å². The van der Waals surface area contributed by atoms with E-state index in [1.807, 2.05) is 43.3 Å². The van der Waals surface area contributed by atoms with E-state index in [9.17, 15) is 24.6 Å². The van der Waals surface area contributed by atoms with Crippen molar-refractivity contribution in [2.75, 3.05) is 29.6 Å². The first kappa shape index (κ1) is 35.0. The zero-order valence-corrected chi connectivity index (χ0v) is 28.6. The quantitative estimate of drug-likeness (QED) is 0.273. The second-order valence-corrected chi connectivity index (χ2v) is 13.4. The number of hydrazone groups is 1. The summed E-state index contributed by atoms with van der Waals surface area (Å²) in [5, 5.41) is 28.1. The maximum absolute atomic E-state index is 14.2. The van der Waals surface area contributed by atoms with Crippen molar-refractivity contribution in [1.29, 1.82) is 0 Å². The number of benzene rings is 2. The topological polar surface area (TPSA) is 114 Å². The third kappa shape index (κ3) is 7.37. The van der Waals surface area contributed by atoms with Crippen molar-refractivity contribution in [3.05, 3.63) is 95.1 Å². The lowest BCUT2D eigenvalue weighted by molar-refractivity contribution is -0.139. The highest BCUT2D eigenvalue weighted by Crippen LogP contribution is 2.47. The van der Waals surface area contributed by atoms with Crippen LogP contribution in [0.25, 0.3) is 0 Å². The van der Waals surface area contributed by atoms with E-state index < -0.39 is 17.4 Å². The normalized spacial score (nSPS) is 22.0. The van der Waals surface area contributed by atoms with Crippen LogP contribution < -0.4 is 9.91 Å². The van der Waals surface area contributed by atoms with E-state index >= 15 is 0 Å². The standard InChI is InChI=1S/C39H48N4O5/c1-27(2)11-8-12-28(3)22-24-42-35-20-18-31(43-37(46)21-19-34(40-43)30-14-6-5-7-15-30)25-33(35)39(48,38(42)47)29(4)13-9-17-36(45)41-23-10-16-32(41)26-44/h5-7,9,11,13-15,18,20,22,25,29,32,44,48H,8,10,12,16-17,19,21,23-24,26H2,1-4H3/b13-9+,28-22+/t29-,32-,39+/m0/s1. The Hall–Kier alpha value is -4.34. The van der Waals surface area contributed by atoms with Crippen molar-refractivity contribution in [3.63, 3.8) is 0 Å². The molecule has 9 heteroatoms. The van der Waals surface area contributed by atoms with Crippen molar-refractivity contribution in [2.24, 2.45) is 11.0 Å². The van der Waals surface area contributed by atoms with Crippen LogP contribution in [0.4, 0.5) is 11.4 Å². The zero-order valence-electron chi connectivity index (χ0n) is 28.6. The van der Waals surface area contributed by atoms with Crippen LogP contribution in [0, 0.1) is 5.92 Å². The number of carbonyl (C=O) groups is 3. The number of likely N-dealkylation sites (tertiary alicyclic amines) is 1. The zero-order chi connectivity index (χ0) is 34.4. The Morgan fingerprint density at radius 2 is 1.85 bits per heavy atom. The van der Waals surface area contributed by atoms with Gasteiger partial charge in [-0.3, -0.25) is 14.4 Å². The number of aliphatic hydroxyl groups excluding tert-OH is 1. The fourth-order valence-electron chi connectivity index (χ4n) is 6.76. The molecule has 254 valence electrons. The van der Waals surface area contributed by atoms with Crippen molar-refractivity contribution in [3.8, 4) is 0 Å². The smallest absolute Gasteiger partial charge is 0.264 e. The highest BCUT2D eigenvalue weighted by atomic mass is 16.3. The summed E-state index contributed by atoms with van der Waals surface area (Å²) in [4.78, 5) is 43.6. The first-order chi connectivity index (χ1) is 23.0. The van der Waals surface area contributed by atoms with Crippen molar-refractivity contribution < 1.29 is 24.6 Å². The molecule has 0 unspecified atom stereocenters. The van der Waals surface area contributed by atoms with Gasteiger partial charge in [-0.05, 0) is 70.2 Å². The minimum absolute atomic E-state index is 0.0612. The molecule has 1 saturated heterocycles. The van der Waals surface area contributed by atoms with Gasteiger partial charge in [0.25, 0.3) is 5.91 Å². The maximum Gasteiger partial charge on any atom is 0.264 e. The van der Waals surface area contributed by atoms with Gasteiger partial charge in [-0.1, -0.05) is 72.7 Å². The molecule has 5 rings (SSSR count). The second kappa shape index (κ2) is 15.3. The Bertz CT molecular complexity index is 1640. The number of carbonyl (C=O) groups excluding carboxylic acids is 3. The number of rotatable bonds is 12. The summed E-state index contributed by atoms with van der Waals surface area (Å²) in [6.45, 7) is 8.80. The Morgan fingerprint density at radius 3 is 2.58 bits per heavy atom. The Kier molecular flexibility index (Phi) is 11.1. The monoisotopic (exact) mass is 652 g/mol. The van der Waals surface area contributed by atoms with Crippen molar-refractivity contribution >= 4 is 34.8 Å². The third-order valence-corrected chi connectivity index (χ3v) is 9.63. The van der Waals surface area contributed by atoms with E-state index in [1.165, 1.54) is 10.6 Å². The fraction of sp³-hybridized carbons (Fsp3) is 0.436. The summed E-state index contributed by atoms with van der Waals surface area (Å²) in [6.07, 6.45) is 12.0. The molecule has 2 N–H and O–H groups in total. The van der Waals surface area contributed by atoms with Crippen LogP contribution in [0.15, 0.2) is 89.1 Å². The Morgan fingerprint density at radius 1 is 1.08 bits per heavy atom. The molecule has 0 aliphatic carbocycles. The highest BCUT2D eigenvalue weighted by molar-refractivity contribution is 6.10. The molecule has 0 saturated carbocycles. The SMILES string of the molecule is CC(C)=CCC/C(C)=C/CN1C(=O)[C@@](O)([C@@H](C)/C=C/CC(=O)N2CCC[C@H]2CO)c2cc(N3N=C(c4ccccc4)CCC3=O)ccc21. The van der Waals surface area contributed by atoms with Gasteiger partial charge >= 0.3 is 0 Å². The molecule has 1 fully saturated rings. The van der Waals surface area contributed by atoms with Crippen LogP contribution in [0.5, 0.6) is 0 Å². The lowest BCUT2D eigenvalue weighted by Crippen LogP contribution is -2.44. The summed E-state index contributed by atoms with van der Waals surface area (Å²) >= 11 is 0. The van der Waals surface area contributed by atoms with E-state index in [0.717, 1.165) is 42.5 Å². The van der Waals surface area contributed by atoms with Gasteiger partial charge in [0.05, 0.1) is 29.7 Å². The maximum atomic E-state index is 14.2. The minimum Gasteiger partial charge on any atom is -0.394 e. The molecular formula is C39H48N4O5. The van der Waals surface area contributed by atoms with E-state index in [4.69, 9.17) is 5.10 Å². The lowest BCUT2D eigenvalue weighted by Gasteiger charge is -2.28. The summed E-state index contributed by atoms with van der Waals surface area (Å²) in [5.74, 6) is -1.39. The number of anilines is 2. The van der Waals surface area contributed by atoms with Crippen LogP contribution in [-0.4, -0.2) is 64.3 Å². The van der Waals surface area contributed by atoms with Gasteiger partial charge in [0.1, 0.15) is 0 Å². The molecular weight excluding hydrogens is 604 g/mol. The van der Waals surface area contributed by atoms with Crippen LogP contribution in [-0.2, 0) is 20.0 Å². The molecule has 3 aliphatic rings. The molecule has 0 radical (unpaired) electrons. The number of amides is 3. The molecule has 0 spiro atoms. The predicted octanol–water partition coefficient (Wildman–Crippen LogP) is 6.01. The summed E-state index contributed by atoms with van der Waals surface area (Å²) in [5.41, 5.74) is 3.66. The number of fused-ring (bicyclic) bond motifs is 1. The van der Waals surface area contributed by atoms with E-state index in [-0.39, 0.29) is 37.3 Å². The van der Waals surface area contributed by atoms with Crippen molar-refractivity contribution in [2.45, 2.75) is 84.3 Å². The molecule has 2 aromatic rings. The van der Waals surface area contributed by atoms with E-state index in [2.05, 4.69) is 19.9 Å². The second-order valence-electron chi connectivity index (χ2n) is 13.4. The van der Waals surface area contributed by atoms with Gasteiger partial charge in [-0.15, -0.1) is 0 Å². The first-order valence-electron chi connectivity index (χ1n) is 17.0. The van der Waals surface area contributed by atoms with Gasteiger partial charge < -0.3 is 20.0 Å². The summed E-state index contributed by atoms with van der Waals surface area (Å²) in [7, 11) is 0. The molecule has 3 atom stereocenters. The fourth-order valence-corrected chi connectivity index (χ4v) is 6.76. The third-order valence-electron chi connectivity index (χ3n) is 9.63. The molecule has 48 heavy (non-hydrogen) atoms. The molecule has 2 aromatic carbocycles. The van der Waals surface area contributed by atoms with E-state index in [1.54, 1.807) is 47.1 Å². The number of hydrogen-bond donors (Lipinski definition) is 2. The molecule has 9 nitrogen and oxygen atoms in total. The number of hydrogen-bond acceptors (Lipinski definition) is 6. The highest BCUT2D eigenvalue weighted by Gasteiger charge is 2.52. The Balaban J connectivity index is 1.46. The lowest BCUT2D eigenvalue weighted by atomic mass is 9.82. The van der Waals surface area contributed by atoms with E-state index in [0.29, 0.717) is 36.4 Å². The summed E-state index contributed by atoms with van der Waals surface area (Å²) in [6, 6.07) is 14.8. The molecule has 0 bridgehead atoms. The Labute approximate surface area is 283 Å². The van der Waals surface area contributed by atoms with Crippen molar-refractivity contribution in [1.82, 2.24) is 4.90 Å². The largest absolute Gasteiger partial charge is 0.394 e. The molecule has 3 aliphatic heterocycles. The minimum atomic E-state index is -1.93. The van der Waals surface area contributed by atoms with Crippen LogP contribution >= 0.6 is 0 Å². The van der Waals surface area contributed by atoms with Gasteiger partial charge in [0.2, 0.25) is 11.8 Å². The average Bonchev–Trinajstić information content (AvgIpc) is 3.65. The van der Waals surface area contributed by atoms with Crippen LogP contribution in [0.3, 0.4) is 0 Å². The number of aliphatic hydroxyl groups is 2. The number of allylic oxidation sites excluding steroid dienone is 3. The van der Waals surface area contributed by atoms with Gasteiger partial charge in [0.15, 0.2) is 5.60 Å². The average molecular weight is 653 g/mol. The first-order valence-corrected chi connectivity index (χ1v) is 17.0. The van der Waals surface area contributed by atoms with Gasteiger partial charge in [-0.25, -0.2) is 5.01 Å². The molecule has 0 aromatic heterocycles. The number of nitrogens with zero attached hydrogens (tertiary/aromatic N) is 4. The summed E-state index contributed by atoms with van der Waals surface area (Å²) < 4.78 is 0. The van der Waals surface area contributed by atoms with Crippen LogP contribution in [0.1, 0.15) is 83.8 Å². The molecule has 3 heterocycles. The van der Waals surface area contributed by atoms with Gasteiger partial charge in [-0.2, -0.15) is 5.10 Å². The predicted molar refractivity (Wildman–Crippen MR) is 190 cm³/mol.